The van der Waals surface area contributed by atoms with Gasteiger partial charge in [0.25, 0.3) is 0 Å². The van der Waals surface area contributed by atoms with E-state index in [-0.39, 0.29) is 17.4 Å². The van der Waals surface area contributed by atoms with Crippen molar-refractivity contribution in [2.24, 2.45) is 10.6 Å². The number of hydrogen-bond donors (Lipinski definition) is 1. The van der Waals surface area contributed by atoms with E-state index >= 15 is 0 Å². The van der Waals surface area contributed by atoms with Gasteiger partial charge in [-0.05, 0) is 54.5 Å². The van der Waals surface area contributed by atoms with Gasteiger partial charge in [-0.15, -0.1) is 0 Å². The molecule has 1 aromatic heterocycles. The molecule has 8 heteroatoms. The molecular weight excluding hydrogens is 430 g/mol. The van der Waals surface area contributed by atoms with Crippen molar-refractivity contribution in [2.75, 3.05) is 26.8 Å². The highest BCUT2D eigenvalue weighted by atomic mass is 16.6. The second-order valence-electron chi connectivity index (χ2n) is 10.2. The Kier molecular flexibility index (Phi) is 6.95. The highest BCUT2D eigenvalue weighted by molar-refractivity contribution is 6.03. The molecule has 1 aromatic carbocycles. The lowest BCUT2D eigenvalue weighted by Crippen LogP contribution is -2.51. The predicted molar refractivity (Wildman–Crippen MR) is 133 cm³/mol. The monoisotopic (exact) mass is 465 g/mol. The lowest BCUT2D eigenvalue weighted by molar-refractivity contribution is -0.123. The maximum Gasteiger partial charge on any atom is 0.222 e. The molecule has 1 saturated heterocycles. The Bertz CT molecular complexity index is 1100. The molecule has 0 aliphatic carbocycles. The number of imidazole rings is 1. The Balaban J connectivity index is 1.51. The van der Waals surface area contributed by atoms with Gasteiger partial charge in [-0.25, -0.2) is 4.98 Å². The summed E-state index contributed by atoms with van der Waals surface area (Å²) in [5.74, 6) is 1.66. The second-order valence-corrected chi connectivity index (χ2v) is 10.2. The molecule has 2 aliphatic heterocycles. The first kappa shape index (κ1) is 23.9. The van der Waals surface area contributed by atoms with E-state index in [4.69, 9.17) is 9.57 Å². The van der Waals surface area contributed by atoms with Gasteiger partial charge >= 0.3 is 0 Å². The molecule has 0 saturated carbocycles. The number of piperidine rings is 1. The fourth-order valence-electron chi connectivity index (χ4n) is 4.29. The minimum atomic E-state index is -0.0161. The molecule has 182 valence electrons. The number of rotatable bonds is 6. The van der Waals surface area contributed by atoms with E-state index in [1.54, 1.807) is 13.4 Å². The first-order chi connectivity index (χ1) is 16.2. The van der Waals surface area contributed by atoms with Crippen molar-refractivity contribution in [1.82, 2.24) is 19.8 Å². The van der Waals surface area contributed by atoms with E-state index in [1.807, 2.05) is 29.8 Å². The average Bonchev–Trinajstić information content (AvgIpc) is 3.24. The maximum atomic E-state index is 12.6. The van der Waals surface area contributed by atoms with E-state index in [0.29, 0.717) is 19.6 Å². The van der Waals surface area contributed by atoms with Gasteiger partial charge < -0.3 is 24.4 Å². The zero-order valence-electron chi connectivity index (χ0n) is 20.8. The third kappa shape index (κ3) is 5.61. The van der Waals surface area contributed by atoms with E-state index in [0.717, 1.165) is 53.5 Å². The molecule has 8 nitrogen and oxygen atoms in total. The third-order valence-corrected chi connectivity index (χ3v) is 6.03. The van der Waals surface area contributed by atoms with Crippen LogP contribution in [0.2, 0.25) is 0 Å². The smallest absolute Gasteiger partial charge is 0.222 e. The Morgan fingerprint density at radius 3 is 2.88 bits per heavy atom. The number of aryl methyl sites for hydroxylation is 1. The fourth-order valence-corrected chi connectivity index (χ4v) is 4.29. The molecule has 2 aliphatic rings. The highest BCUT2D eigenvalue weighted by Gasteiger charge is 2.33. The highest BCUT2D eigenvalue weighted by Crippen LogP contribution is 2.30. The van der Waals surface area contributed by atoms with E-state index in [9.17, 15) is 4.79 Å². The molecule has 0 spiro atoms. The molecule has 0 bridgehead atoms. The van der Waals surface area contributed by atoms with Crippen LogP contribution in [0.3, 0.4) is 0 Å². The number of benzene rings is 1. The normalized spacial score (nSPS) is 19.3. The molecule has 1 fully saturated rings. The van der Waals surface area contributed by atoms with Gasteiger partial charge in [0.05, 0.1) is 37.3 Å². The number of amides is 1. The number of amidine groups is 1. The third-order valence-electron chi connectivity index (χ3n) is 6.03. The van der Waals surface area contributed by atoms with Crippen LogP contribution in [-0.4, -0.2) is 59.0 Å². The number of carbonyl (C=O) groups excluding carboxylic acids is 1. The van der Waals surface area contributed by atoms with Crippen LogP contribution in [0.1, 0.15) is 51.3 Å². The van der Waals surface area contributed by atoms with Crippen LogP contribution in [0.25, 0.3) is 11.8 Å². The first-order valence-electron chi connectivity index (χ1n) is 11.9. The number of carbonyl (C=O) groups is 1. The molecule has 1 atom stereocenters. The van der Waals surface area contributed by atoms with E-state index in [2.05, 4.69) is 53.3 Å². The predicted octanol–water partition coefficient (Wildman–Crippen LogP) is 3.93. The SMILES string of the molecule is COc1cc(C=C2CCCN3C2=NOC[C@@H]3CC(=O)NCC(C)(C)C)ccc1-n1cnc(C)c1. The number of oxime groups is 1. The van der Waals surface area contributed by atoms with Crippen molar-refractivity contribution in [3.63, 3.8) is 0 Å². The van der Waals surface area contributed by atoms with Crippen LogP contribution < -0.4 is 10.1 Å². The van der Waals surface area contributed by atoms with Crippen LogP contribution in [0.4, 0.5) is 0 Å². The number of nitrogens with zero attached hydrogens (tertiary/aromatic N) is 4. The van der Waals surface area contributed by atoms with E-state index < -0.39 is 0 Å². The molecule has 2 aromatic rings. The van der Waals surface area contributed by atoms with Gasteiger partial charge in [0.1, 0.15) is 12.4 Å². The summed E-state index contributed by atoms with van der Waals surface area (Å²) in [7, 11) is 1.68. The van der Waals surface area contributed by atoms with Crippen LogP contribution in [0.15, 0.2) is 41.5 Å². The number of ether oxygens (including phenoxy) is 1. The summed E-state index contributed by atoms with van der Waals surface area (Å²) in [6.07, 6.45) is 8.22. The molecule has 34 heavy (non-hydrogen) atoms. The summed E-state index contributed by atoms with van der Waals surface area (Å²) in [6.45, 7) is 10.3. The van der Waals surface area contributed by atoms with Gasteiger partial charge in [-0.1, -0.05) is 32.0 Å². The zero-order valence-corrected chi connectivity index (χ0v) is 20.8. The molecule has 0 unspecified atom stereocenters. The summed E-state index contributed by atoms with van der Waals surface area (Å²) in [5, 5.41) is 7.43. The Morgan fingerprint density at radius 1 is 1.35 bits per heavy atom. The van der Waals surface area contributed by atoms with Gasteiger partial charge in [-0.2, -0.15) is 0 Å². The van der Waals surface area contributed by atoms with Gasteiger partial charge in [-0.3, -0.25) is 4.79 Å². The zero-order chi connectivity index (χ0) is 24.3. The molecule has 0 radical (unpaired) electrons. The van der Waals surface area contributed by atoms with Gasteiger partial charge in [0.15, 0.2) is 5.84 Å². The molecule has 4 rings (SSSR count). The van der Waals surface area contributed by atoms with Crippen LogP contribution >= 0.6 is 0 Å². The Hall–Kier alpha value is -3.29. The minimum Gasteiger partial charge on any atom is -0.495 e. The largest absolute Gasteiger partial charge is 0.495 e. The maximum absolute atomic E-state index is 12.6. The van der Waals surface area contributed by atoms with Crippen LogP contribution in [0, 0.1) is 12.3 Å². The number of methoxy groups -OCH3 is 1. The molecule has 1 amide bonds. The summed E-state index contributed by atoms with van der Waals surface area (Å²) in [5.41, 5.74) is 4.09. The second kappa shape index (κ2) is 9.91. The molecular formula is C26H35N5O3. The van der Waals surface area contributed by atoms with Crippen molar-refractivity contribution in [1.29, 1.82) is 0 Å². The summed E-state index contributed by atoms with van der Waals surface area (Å²) < 4.78 is 7.63. The van der Waals surface area contributed by atoms with Crippen LogP contribution in [-0.2, 0) is 9.63 Å². The minimum absolute atomic E-state index is 0.0161. The van der Waals surface area contributed by atoms with Crippen LogP contribution in [0.5, 0.6) is 5.75 Å². The number of hydrogen-bond acceptors (Lipinski definition) is 6. The van der Waals surface area contributed by atoms with Crippen molar-refractivity contribution in [3.8, 4) is 11.4 Å². The van der Waals surface area contributed by atoms with Crippen molar-refractivity contribution in [3.05, 3.63) is 47.6 Å². The lowest BCUT2D eigenvalue weighted by atomic mass is 9.96. The molecule has 1 N–H and O–H groups in total. The Morgan fingerprint density at radius 2 is 2.18 bits per heavy atom. The number of fused-ring (bicyclic) bond motifs is 1. The van der Waals surface area contributed by atoms with Gasteiger partial charge in [0.2, 0.25) is 5.91 Å². The Labute approximate surface area is 201 Å². The topological polar surface area (TPSA) is 81.0 Å². The average molecular weight is 466 g/mol. The summed E-state index contributed by atoms with van der Waals surface area (Å²) in [4.78, 5) is 24.7. The van der Waals surface area contributed by atoms with Crippen molar-refractivity contribution in [2.45, 2.75) is 53.0 Å². The van der Waals surface area contributed by atoms with E-state index in [1.165, 1.54) is 0 Å². The quantitative estimate of drug-likeness (QED) is 0.699. The van der Waals surface area contributed by atoms with Crippen molar-refractivity contribution < 1.29 is 14.4 Å². The standard InChI is InChI=1S/C26H35N5O3/c1-18-14-30(17-28-18)22-9-8-19(12-23(22)33-5)11-20-7-6-10-31-21(15-34-29-25(20)31)13-24(32)27-16-26(2,3)4/h8-9,11-12,14,17,21H,6-7,10,13,15-16H2,1-5H3,(H,27,32)/t21-/m0/s1. The number of aromatic nitrogens is 2. The van der Waals surface area contributed by atoms with Crippen molar-refractivity contribution >= 4 is 17.8 Å². The fraction of sp³-hybridized carbons (Fsp3) is 0.500. The lowest BCUT2D eigenvalue weighted by Gasteiger charge is -2.40. The first-order valence-corrected chi connectivity index (χ1v) is 11.9. The molecule has 3 heterocycles. The summed E-state index contributed by atoms with van der Waals surface area (Å²) >= 11 is 0. The number of nitrogens with one attached hydrogen (secondary N) is 1. The summed E-state index contributed by atoms with van der Waals surface area (Å²) in [6, 6.07) is 6.12. The van der Waals surface area contributed by atoms with Gasteiger partial charge in [0, 0.05) is 19.3 Å².